The highest BCUT2D eigenvalue weighted by molar-refractivity contribution is 6.17. The minimum Gasteiger partial charge on any atom is -0.508 e. The van der Waals surface area contributed by atoms with Crippen molar-refractivity contribution in [2.45, 2.75) is 19.3 Å². The molecule has 5 rings (SSSR count). The number of likely N-dealkylation sites (tertiary alicyclic amines) is 1. The van der Waals surface area contributed by atoms with Crippen LogP contribution in [0.3, 0.4) is 0 Å². The Morgan fingerprint density at radius 1 is 0.800 bits per heavy atom. The Kier molecular flexibility index (Phi) is 6.96. The molecule has 1 aliphatic rings. The molecule has 0 aliphatic carbocycles. The van der Waals surface area contributed by atoms with Crippen LogP contribution in [0, 0.1) is 0 Å². The summed E-state index contributed by atoms with van der Waals surface area (Å²) in [7, 11) is 0. The van der Waals surface area contributed by atoms with E-state index in [2.05, 4.69) is 4.90 Å². The number of amides is 1. The van der Waals surface area contributed by atoms with E-state index in [0.29, 0.717) is 17.9 Å². The molecule has 1 aliphatic heterocycles. The van der Waals surface area contributed by atoms with Gasteiger partial charge in [-0.25, -0.2) is 0 Å². The molecule has 0 unspecified atom stereocenters. The summed E-state index contributed by atoms with van der Waals surface area (Å²) in [6.45, 7) is 3.89. The molecule has 0 radical (unpaired) electrons. The van der Waals surface area contributed by atoms with Crippen molar-refractivity contribution in [1.82, 2.24) is 4.90 Å². The molecule has 4 aromatic carbocycles. The minimum absolute atomic E-state index is 0.133. The van der Waals surface area contributed by atoms with E-state index < -0.39 is 0 Å². The Morgan fingerprint density at radius 2 is 1.46 bits per heavy atom. The number of anilines is 2. The van der Waals surface area contributed by atoms with Gasteiger partial charge in [-0.05, 0) is 91.3 Å². The molecular formula is C30H30N2O3. The first-order valence-corrected chi connectivity index (χ1v) is 12.3. The summed E-state index contributed by atoms with van der Waals surface area (Å²) in [5, 5.41) is 11.7. The fraction of sp³-hybridized carbons (Fsp3) is 0.233. The maximum absolute atomic E-state index is 13.9. The van der Waals surface area contributed by atoms with Crippen LogP contribution in [0.5, 0.6) is 11.5 Å². The lowest BCUT2D eigenvalue weighted by Gasteiger charge is -2.26. The second-order valence-electron chi connectivity index (χ2n) is 8.93. The van der Waals surface area contributed by atoms with Crippen molar-refractivity contribution in [3.63, 3.8) is 0 Å². The van der Waals surface area contributed by atoms with E-state index in [4.69, 9.17) is 4.74 Å². The zero-order chi connectivity index (χ0) is 24.0. The number of ether oxygens (including phenoxy) is 1. The lowest BCUT2D eigenvalue weighted by Crippen LogP contribution is -2.33. The Morgan fingerprint density at radius 3 is 2.20 bits per heavy atom. The van der Waals surface area contributed by atoms with Crippen LogP contribution in [0.1, 0.15) is 29.6 Å². The van der Waals surface area contributed by atoms with Gasteiger partial charge in [0.25, 0.3) is 5.91 Å². The molecule has 5 nitrogen and oxygen atoms in total. The molecule has 35 heavy (non-hydrogen) atoms. The Labute approximate surface area is 206 Å². The van der Waals surface area contributed by atoms with Gasteiger partial charge in [-0.1, -0.05) is 42.8 Å². The average Bonchev–Trinajstić information content (AvgIpc) is 2.91. The summed E-state index contributed by atoms with van der Waals surface area (Å²) in [6, 6.07) is 28.0. The van der Waals surface area contributed by atoms with Crippen LogP contribution in [0.4, 0.5) is 11.4 Å². The van der Waals surface area contributed by atoms with Crippen LogP contribution in [-0.4, -0.2) is 42.2 Å². The molecule has 0 saturated carbocycles. The van der Waals surface area contributed by atoms with Gasteiger partial charge in [-0.3, -0.25) is 14.6 Å². The maximum Gasteiger partial charge on any atom is 0.263 e. The monoisotopic (exact) mass is 466 g/mol. The molecule has 1 saturated heterocycles. The summed E-state index contributed by atoms with van der Waals surface area (Å²) < 4.78 is 5.99. The van der Waals surface area contributed by atoms with E-state index in [-0.39, 0.29) is 11.7 Å². The summed E-state index contributed by atoms with van der Waals surface area (Å²) in [4.78, 5) is 18.0. The molecule has 0 bridgehead atoms. The van der Waals surface area contributed by atoms with Gasteiger partial charge < -0.3 is 9.84 Å². The molecule has 4 aromatic rings. The van der Waals surface area contributed by atoms with E-state index in [9.17, 15) is 9.90 Å². The summed E-state index contributed by atoms with van der Waals surface area (Å²) in [6.07, 6.45) is 3.87. The number of hydrogen-bond donors (Lipinski definition) is 1. The average molecular weight is 467 g/mol. The molecule has 1 N–H and O–H groups in total. The number of piperidine rings is 1. The molecule has 5 heteroatoms. The first kappa shape index (κ1) is 22.9. The fourth-order valence-electron chi connectivity index (χ4n) is 4.68. The van der Waals surface area contributed by atoms with Crippen molar-refractivity contribution in [2.24, 2.45) is 0 Å². The van der Waals surface area contributed by atoms with Gasteiger partial charge in [0, 0.05) is 23.5 Å². The van der Waals surface area contributed by atoms with E-state index in [1.54, 1.807) is 29.2 Å². The lowest BCUT2D eigenvalue weighted by atomic mass is 10.0. The third-order valence-electron chi connectivity index (χ3n) is 6.55. The zero-order valence-electron chi connectivity index (χ0n) is 19.8. The third-order valence-corrected chi connectivity index (χ3v) is 6.55. The molecule has 0 aromatic heterocycles. The largest absolute Gasteiger partial charge is 0.508 e. The van der Waals surface area contributed by atoms with Gasteiger partial charge in [-0.15, -0.1) is 0 Å². The number of aromatic hydroxyl groups is 1. The lowest BCUT2D eigenvalue weighted by molar-refractivity contribution is 0.100. The molecule has 178 valence electrons. The van der Waals surface area contributed by atoms with Gasteiger partial charge in [0.05, 0.1) is 0 Å². The number of benzene rings is 4. The normalized spacial score (nSPS) is 14.1. The van der Waals surface area contributed by atoms with Gasteiger partial charge in [0.1, 0.15) is 18.1 Å². The topological polar surface area (TPSA) is 53.0 Å². The zero-order valence-corrected chi connectivity index (χ0v) is 19.8. The van der Waals surface area contributed by atoms with Crippen LogP contribution in [0.2, 0.25) is 0 Å². The molecule has 1 heterocycles. The van der Waals surface area contributed by atoms with Gasteiger partial charge in [-0.2, -0.15) is 0 Å². The van der Waals surface area contributed by atoms with E-state index in [0.717, 1.165) is 41.8 Å². The predicted octanol–water partition coefficient (Wildman–Crippen LogP) is 6.39. The van der Waals surface area contributed by atoms with Crippen molar-refractivity contribution in [2.75, 3.05) is 31.1 Å². The van der Waals surface area contributed by atoms with Crippen LogP contribution in [0.15, 0.2) is 91.0 Å². The van der Waals surface area contributed by atoms with E-state index in [1.807, 2.05) is 66.7 Å². The molecule has 1 fully saturated rings. The first-order valence-electron chi connectivity index (χ1n) is 12.3. The summed E-state index contributed by atoms with van der Waals surface area (Å²) in [5.74, 6) is 0.809. The second kappa shape index (κ2) is 10.6. The van der Waals surface area contributed by atoms with Crippen molar-refractivity contribution in [3.8, 4) is 11.5 Å². The number of carbonyl (C=O) groups is 1. The predicted molar refractivity (Wildman–Crippen MR) is 141 cm³/mol. The Hall–Kier alpha value is -3.83. The molecule has 0 spiro atoms. The van der Waals surface area contributed by atoms with Crippen molar-refractivity contribution in [1.29, 1.82) is 0 Å². The van der Waals surface area contributed by atoms with Gasteiger partial charge >= 0.3 is 0 Å². The van der Waals surface area contributed by atoms with E-state index >= 15 is 0 Å². The van der Waals surface area contributed by atoms with Crippen molar-refractivity contribution >= 4 is 28.1 Å². The Balaban J connectivity index is 1.40. The number of phenolic OH excluding ortho intramolecular Hbond substituents is 1. The van der Waals surface area contributed by atoms with Crippen molar-refractivity contribution < 1.29 is 14.6 Å². The van der Waals surface area contributed by atoms with Gasteiger partial charge in [0.15, 0.2) is 0 Å². The highest BCUT2D eigenvalue weighted by Crippen LogP contribution is 2.32. The van der Waals surface area contributed by atoms with Gasteiger partial charge in [0.2, 0.25) is 0 Å². The number of phenols is 1. The number of rotatable bonds is 7. The van der Waals surface area contributed by atoms with Crippen molar-refractivity contribution in [3.05, 3.63) is 96.6 Å². The smallest absolute Gasteiger partial charge is 0.263 e. The quantitative estimate of drug-likeness (QED) is 0.343. The molecule has 0 atom stereocenters. The third kappa shape index (κ3) is 5.31. The second-order valence-corrected chi connectivity index (χ2v) is 8.93. The van der Waals surface area contributed by atoms with Crippen LogP contribution < -0.4 is 9.64 Å². The number of nitrogens with zero attached hydrogens (tertiary/aromatic N) is 2. The fourth-order valence-corrected chi connectivity index (χ4v) is 4.68. The number of carbonyl (C=O) groups excluding carboxylic acids is 1. The summed E-state index contributed by atoms with van der Waals surface area (Å²) in [5.41, 5.74) is 2.04. The Bertz CT molecular complexity index is 1270. The minimum atomic E-state index is -0.133. The van der Waals surface area contributed by atoms with Crippen LogP contribution in [-0.2, 0) is 0 Å². The maximum atomic E-state index is 13.9. The summed E-state index contributed by atoms with van der Waals surface area (Å²) >= 11 is 0. The highest BCUT2D eigenvalue weighted by atomic mass is 16.5. The number of fused-ring (bicyclic) bond motifs is 1. The van der Waals surface area contributed by atoms with Crippen LogP contribution in [0.25, 0.3) is 10.8 Å². The molecule has 1 amide bonds. The van der Waals surface area contributed by atoms with E-state index in [1.165, 1.54) is 19.3 Å². The SMILES string of the molecule is O=C(c1cccc2ccccc12)N(c1ccc(O)cc1)c1ccc(OCCN2CCCCC2)cc1. The standard InChI is InChI=1S/C30H30N2O3/c33-26-15-11-24(12-16-26)32(30(34)29-10-6-8-23-7-2-3-9-28(23)29)25-13-17-27(18-14-25)35-22-21-31-19-4-1-5-20-31/h2-3,6-18,33H,1,4-5,19-22H2. The van der Waals surface area contributed by atoms with Crippen LogP contribution >= 0.6 is 0 Å². The number of hydrogen-bond acceptors (Lipinski definition) is 4. The first-order chi connectivity index (χ1) is 17.2. The highest BCUT2D eigenvalue weighted by Gasteiger charge is 2.22. The molecular weight excluding hydrogens is 436 g/mol.